The van der Waals surface area contributed by atoms with Crippen molar-refractivity contribution in [3.05, 3.63) is 23.3 Å². The first-order chi connectivity index (χ1) is 8.62. The molecule has 0 bridgehead atoms. The van der Waals surface area contributed by atoms with Crippen LogP contribution in [0.4, 0.5) is 5.13 Å². The standard InChI is InChI=1S/C9H9N5O2S2/c10-4-1-2-7-6-11-9(17-7)14-18(15,16)8-3-5-12-13-8/h3,5-6H,4,10H2,(H,11,14)(H,12,13). The summed E-state index contributed by atoms with van der Waals surface area (Å²) in [6.45, 7) is 0.243. The molecule has 2 rings (SSSR count). The van der Waals surface area contributed by atoms with Gasteiger partial charge in [0.1, 0.15) is 0 Å². The molecule has 0 amide bonds. The van der Waals surface area contributed by atoms with Crippen molar-refractivity contribution in [2.24, 2.45) is 5.73 Å². The molecule has 4 N–H and O–H groups in total. The number of thiazole rings is 1. The zero-order chi connectivity index (χ0) is 13.0. The number of anilines is 1. The first-order valence-corrected chi connectivity index (χ1v) is 7.09. The Bertz CT molecular complexity index is 678. The molecular formula is C9H9N5O2S2. The third-order valence-electron chi connectivity index (χ3n) is 1.81. The van der Waals surface area contributed by atoms with Crippen molar-refractivity contribution in [3.63, 3.8) is 0 Å². The molecule has 0 aliphatic heterocycles. The van der Waals surface area contributed by atoms with E-state index in [1.54, 1.807) is 0 Å². The quantitative estimate of drug-likeness (QED) is 0.685. The van der Waals surface area contributed by atoms with Crippen molar-refractivity contribution in [3.8, 4) is 11.8 Å². The van der Waals surface area contributed by atoms with Crippen LogP contribution in [0.25, 0.3) is 0 Å². The van der Waals surface area contributed by atoms with Crippen LogP contribution in [0, 0.1) is 11.8 Å². The molecular weight excluding hydrogens is 274 g/mol. The average molecular weight is 283 g/mol. The Balaban J connectivity index is 2.17. The van der Waals surface area contributed by atoms with E-state index in [4.69, 9.17) is 5.73 Å². The maximum Gasteiger partial charge on any atom is 0.280 e. The molecule has 0 radical (unpaired) electrons. The largest absolute Gasteiger partial charge is 0.320 e. The van der Waals surface area contributed by atoms with Gasteiger partial charge in [-0.25, -0.2) is 4.98 Å². The Morgan fingerprint density at radius 1 is 1.56 bits per heavy atom. The molecule has 0 spiro atoms. The number of rotatable bonds is 3. The molecule has 18 heavy (non-hydrogen) atoms. The minimum atomic E-state index is -3.67. The Morgan fingerprint density at radius 2 is 2.39 bits per heavy atom. The number of hydrogen-bond acceptors (Lipinski definition) is 6. The highest BCUT2D eigenvalue weighted by Crippen LogP contribution is 2.20. The van der Waals surface area contributed by atoms with Gasteiger partial charge >= 0.3 is 0 Å². The Hall–Kier alpha value is -1.89. The highest BCUT2D eigenvalue weighted by atomic mass is 32.2. The zero-order valence-corrected chi connectivity index (χ0v) is 10.7. The van der Waals surface area contributed by atoms with Crippen LogP contribution in [-0.4, -0.2) is 30.1 Å². The summed E-state index contributed by atoms with van der Waals surface area (Å²) < 4.78 is 26.0. The summed E-state index contributed by atoms with van der Waals surface area (Å²) in [5.41, 5.74) is 5.24. The second-order valence-electron chi connectivity index (χ2n) is 3.06. The summed E-state index contributed by atoms with van der Waals surface area (Å²) in [5.74, 6) is 5.43. The van der Waals surface area contributed by atoms with Crippen molar-refractivity contribution in [1.82, 2.24) is 15.2 Å². The van der Waals surface area contributed by atoms with E-state index in [9.17, 15) is 8.42 Å². The molecule has 0 aliphatic rings. The van der Waals surface area contributed by atoms with Gasteiger partial charge in [0.05, 0.1) is 23.8 Å². The van der Waals surface area contributed by atoms with E-state index < -0.39 is 10.0 Å². The molecule has 0 aliphatic carbocycles. The van der Waals surface area contributed by atoms with Gasteiger partial charge in [-0.05, 0) is 6.07 Å². The normalized spacial score (nSPS) is 10.7. The van der Waals surface area contributed by atoms with Crippen LogP contribution in [0.5, 0.6) is 0 Å². The van der Waals surface area contributed by atoms with Crippen molar-refractivity contribution in [2.75, 3.05) is 11.3 Å². The van der Waals surface area contributed by atoms with Crippen molar-refractivity contribution < 1.29 is 8.42 Å². The topological polar surface area (TPSA) is 114 Å². The number of hydrogen-bond donors (Lipinski definition) is 3. The predicted molar refractivity (Wildman–Crippen MR) is 67.4 cm³/mol. The minimum absolute atomic E-state index is 0.0210. The SMILES string of the molecule is NCC#Cc1cnc(NS(=O)(=O)c2ccn[nH]2)s1. The monoisotopic (exact) mass is 283 g/mol. The fourth-order valence-corrected chi connectivity index (χ4v) is 2.92. The third kappa shape index (κ3) is 2.86. The summed E-state index contributed by atoms with van der Waals surface area (Å²) in [7, 11) is -3.67. The fourth-order valence-electron chi connectivity index (χ4n) is 1.08. The van der Waals surface area contributed by atoms with E-state index in [1.165, 1.54) is 18.5 Å². The Morgan fingerprint density at radius 3 is 3.06 bits per heavy atom. The molecule has 0 fully saturated rings. The number of nitrogens with two attached hydrogens (primary N) is 1. The molecule has 94 valence electrons. The molecule has 0 saturated heterocycles. The van der Waals surface area contributed by atoms with Gasteiger partial charge in [-0.15, -0.1) is 0 Å². The first kappa shape index (κ1) is 12.6. The lowest BCUT2D eigenvalue weighted by Gasteiger charge is -2.00. The van der Waals surface area contributed by atoms with Crippen LogP contribution < -0.4 is 10.5 Å². The number of nitrogens with one attached hydrogen (secondary N) is 2. The highest BCUT2D eigenvalue weighted by molar-refractivity contribution is 7.92. The maximum absolute atomic E-state index is 11.8. The lowest BCUT2D eigenvalue weighted by atomic mass is 10.5. The van der Waals surface area contributed by atoms with Gasteiger partial charge in [-0.2, -0.15) is 13.5 Å². The van der Waals surface area contributed by atoms with Crippen LogP contribution in [0.2, 0.25) is 0 Å². The molecule has 0 aromatic carbocycles. The van der Waals surface area contributed by atoms with Gasteiger partial charge in [0, 0.05) is 0 Å². The number of H-pyrrole nitrogens is 1. The van der Waals surface area contributed by atoms with Crippen LogP contribution in [0.3, 0.4) is 0 Å². The van der Waals surface area contributed by atoms with Gasteiger partial charge in [0.15, 0.2) is 10.2 Å². The minimum Gasteiger partial charge on any atom is -0.320 e. The smallest absolute Gasteiger partial charge is 0.280 e. The van der Waals surface area contributed by atoms with E-state index in [0.717, 1.165) is 11.3 Å². The van der Waals surface area contributed by atoms with E-state index in [-0.39, 0.29) is 16.7 Å². The van der Waals surface area contributed by atoms with E-state index in [2.05, 4.69) is 31.7 Å². The fraction of sp³-hybridized carbons (Fsp3) is 0.111. The number of nitrogens with zero attached hydrogens (tertiary/aromatic N) is 2. The van der Waals surface area contributed by atoms with Crippen LogP contribution in [-0.2, 0) is 10.0 Å². The summed E-state index contributed by atoms with van der Waals surface area (Å²) in [5, 5.41) is 6.17. The molecule has 0 unspecified atom stereocenters. The Kier molecular flexibility index (Phi) is 3.61. The second-order valence-corrected chi connectivity index (χ2v) is 5.74. The van der Waals surface area contributed by atoms with Crippen LogP contribution in [0.1, 0.15) is 4.88 Å². The van der Waals surface area contributed by atoms with Crippen molar-refractivity contribution in [1.29, 1.82) is 0 Å². The van der Waals surface area contributed by atoms with Crippen LogP contribution >= 0.6 is 11.3 Å². The second kappa shape index (κ2) is 5.18. The van der Waals surface area contributed by atoms with Gasteiger partial charge < -0.3 is 5.73 Å². The summed E-state index contributed by atoms with van der Waals surface area (Å²) in [6, 6.07) is 1.35. The Labute approximate surface area is 107 Å². The van der Waals surface area contributed by atoms with E-state index in [1.807, 2.05) is 0 Å². The molecule has 7 nitrogen and oxygen atoms in total. The summed E-state index contributed by atoms with van der Waals surface area (Å²) in [6.07, 6.45) is 2.84. The zero-order valence-electron chi connectivity index (χ0n) is 9.04. The lowest BCUT2D eigenvalue weighted by Crippen LogP contribution is -2.13. The van der Waals surface area contributed by atoms with E-state index in [0.29, 0.717) is 4.88 Å². The first-order valence-electron chi connectivity index (χ1n) is 4.79. The van der Waals surface area contributed by atoms with Gasteiger partial charge in [0.25, 0.3) is 10.0 Å². The van der Waals surface area contributed by atoms with Crippen molar-refractivity contribution >= 4 is 26.5 Å². The predicted octanol–water partition coefficient (Wildman–Crippen LogP) is -0.0228. The van der Waals surface area contributed by atoms with Gasteiger partial charge in [-0.1, -0.05) is 23.2 Å². The number of sulfonamides is 1. The highest BCUT2D eigenvalue weighted by Gasteiger charge is 2.17. The van der Waals surface area contributed by atoms with Gasteiger partial charge in [0.2, 0.25) is 0 Å². The van der Waals surface area contributed by atoms with E-state index >= 15 is 0 Å². The maximum atomic E-state index is 11.8. The molecule has 2 heterocycles. The number of aromatic amines is 1. The van der Waals surface area contributed by atoms with Crippen molar-refractivity contribution in [2.45, 2.75) is 5.03 Å². The molecule has 2 aromatic rings. The third-order valence-corrected chi connectivity index (χ3v) is 4.03. The summed E-state index contributed by atoms with van der Waals surface area (Å²) in [4.78, 5) is 4.56. The molecule has 9 heteroatoms. The van der Waals surface area contributed by atoms with Gasteiger partial charge in [-0.3, -0.25) is 9.82 Å². The molecule has 0 atom stereocenters. The lowest BCUT2D eigenvalue weighted by molar-refractivity contribution is 0.597. The molecule has 2 aromatic heterocycles. The summed E-state index contributed by atoms with van der Waals surface area (Å²) >= 11 is 1.13. The van der Waals surface area contributed by atoms with Crippen LogP contribution in [0.15, 0.2) is 23.5 Å². The average Bonchev–Trinajstić information content (AvgIpc) is 2.96. The number of aromatic nitrogens is 3. The molecule has 0 saturated carbocycles.